The van der Waals surface area contributed by atoms with Crippen LogP contribution in [0.25, 0.3) is 0 Å². The number of esters is 1. The molecule has 2 bridgehead atoms. The first-order valence-corrected chi connectivity index (χ1v) is 16.8. The van der Waals surface area contributed by atoms with Gasteiger partial charge in [-0.1, -0.05) is 71.8 Å². The van der Waals surface area contributed by atoms with E-state index in [4.69, 9.17) is 9.47 Å². The molecule has 11 heteroatoms. The van der Waals surface area contributed by atoms with Crippen molar-refractivity contribution in [3.05, 3.63) is 61.2 Å². The van der Waals surface area contributed by atoms with Crippen molar-refractivity contribution in [3.63, 3.8) is 0 Å². The lowest BCUT2D eigenvalue weighted by molar-refractivity contribution is -0.149. The Morgan fingerprint density at radius 1 is 1.27 bits per heavy atom. The predicted octanol–water partition coefficient (Wildman–Crippen LogP) is 3.69. The number of nitrogens with zero attached hydrogens (tertiary/aromatic N) is 2. The minimum Gasteiger partial charge on any atom is -0.463 e. The van der Waals surface area contributed by atoms with Gasteiger partial charge in [-0.15, -0.1) is 13.2 Å². The molecule has 3 fully saturated rings. The van der Waals surface area contributed by atoms with Crippen LogP contribution in [0.4, 0.5) is 0 Å². The van der Waals surface area contributed by atoms with Gasteiger partial charge in [-0.05, 0) is 38.2 Å². The number of likely N-dealkylation sites (tertiary alicyclic amines) is 1. The zero-order chi connectivity index (χ0) is 32.7. The van der Waals surface area contributed by atoms with Crippen LogP contribution >= 0.6 is 15.9 Å². The number of ether oxygens (including phenoxy) is 2. The normalized spacial score (nSPS) is 27.9. The zero-order valence-electron chi connectivity index (χ0n) is 26.2. The number of amides is 3. The number of alkyl halides is 1. The average molecular weight is 689 g/mol. The zero-order valence-corrected chi connectivity index (χ0v) is 27.8. The average Bonchev–Trinajstić information content (AvgIpc) is 3.62. The Labute approximate surface area is 274 Å². The van der Waals surface area contributed by atoms with E-state index in [2.05, 4.69) is 41.3 Å². The summed E-state index contributed by atoms with van der Waals surface area (Å²) in [4.78, 5) is 58.2. The lowest BCUT2D eigenvalue weighted by Crippen LogP contribution is -2.58. The number of benzene rings is 1. The summed E-state index contributed by atoms with van der Waals surface area (Å²) < 4.78 is 12.2. The summed E-state index contributed by atoms with van der Waals surface area (Å²) in [5, 5.41) is 12.7. The molecule has 246 valence electrons. The maximum atomic E-state index is 14.4. The largest absolute Gasteiger partial charge is 0.463 e. The topological polar surface area (TPSA) is 125 Å². The van der Waals surface area contributed by atoms with Crippen molar-refractivity contribution in [1.82, 2.24) is 15.1 Å². The SMILES string of the molecule is C=CCCC(=O)OC[C@H](NC(=O)[C@@H]1[C@H]2O[C@@]3(CC2Br)[C@H](C(=O)N(CC=C)C(C)CCC)N(CCCO)C(=O)[C@@H]13)c1ccccc1. The molecule has 0 aliphatic carbocycles. The number of nitrogens with one attached hydrogen (secondary N) is 1. The summed E-state index contributed by atoms with van der Waals surface area (Å²) in [5.74, 6) is -3.13. The van der Waals surface area contributed by atoms with Crippen molar-refractivity contribution >= 4 is 39.6 Å². The van der Waals surface area contributed by atoms with Crippen molar-refractivity contribution in [3.8, 4) is 0 Å². The van der Waals surface area contributed by atoms with Crippen LogP contribution in [0, 0.1) is 11.8 Å². The molecule has 0 saturated carbocycles. The number of halogens is 1. The molecular formula is C34H46BrN3O7. The Bertz CT molecular complexity index is 1250. The van der Waals surface area contributed by atoms with Crippen molar-refractivity contribution < 1.29 is 33.8 Å². The summed E-state index contributed by atoms with van der Waals surface area (Å²) in [6.45, 7) is 11.8. The second-order valence-corrected chi connectivity index (χ2v) is 13.3. The van der Waals surface area contributed by atoms with Gasteiger partial charge in [0.05, 0.1) is 24.0 Å². The third kappa shape index (κ3) is 7.05. The monoisotopic (exact) mass is 687 g/mol. The van der Waals surface area contributed by atoms with Gasteiger partial charge >= 0.3 is 5.97 Å². The third-order valence-corrected chi connectivity index (χ3v) is 10.1. The highest BCUT2D eigenvalue weighted by atomic mass is 79.9. The van der Waals surface area contributed by atoms with Crippen LogP contribution < -0.4 is 5.32 Å². The van der Waals surface area contributed by atoms with E-state index < -0.39 is 47.5 Å². The molecule has 10 nitrogen and oxygen atoms in total. The van der Waals surface area contributed by atoms with Gasteiger partial charge in [-0.25, -0.2) is 0 Å². The maximum absolute atomic E-state index is 14.4. The van der Waals surface area contributed by atoms with E-state index in [9.17, 15) is 24.3 Å². The first-order valence-electron chi connectivity index (χ1n) is 15.9. The van der Waals surface area contributed by atoms with Crippen LogP contribution in [0.5, 0.6) is 0 Å². The van der Waals surface area contributed by atoms with Crippen LogP contribution in [0.15, 0.2) is 55.6 Å². The van der Waals surface area contributed by atoms with E-state index in [0.717, 1.165) is 18.4 Å². The maximum Gasteiger partial charge on any atom is 0.306 e. The highest BCUT2D eigenvalue weighted by Gasteiger charge is 2.76. The van der Waals surface area contributed by atoms with Crippen LogP contribution in [-0.4, -0.2) is 93.5 Å². The second kappa shape index (κ2) is 15.5. The molecule has 2 N–H and O–H groups in total. The Morgan fingerprint density at radius 3 is 2.64 bits per heavy atom. The standard InChI is InChI=1S/C34H46BrN3O7/c1-5-8-16-26(40)44-21-25(23-14-10-9-11-15-23)36-31(41)27-28-32(42)38(18-12-19-39)30(34(28)20-24(35)29(27)45-34)33(43)37(17-7-3)22(4)13-6-2/h5,7,9-11,14-15,22,24-25,27-30,39H,1,3,6,8,12-13,16-21H2,2,4H3,(H,36,41)/t22?,24?,25-,27-,28+,29-,30-,34+/m0/s1. The minimum absolute atomic E-state index is 0.0823. The van der Waals surface area contributed by atoms with Gasteiger partial charge in [0.15, 0.2) is 0 Å². The quantitative estimate of drug-likeness (QED) is 0.145. The lowest BCUT2D eigenvalue weighted by Gasteiger charge is -2.39. The van der Waals surface area contributed by atoms with Gasteiger partial charge in [0, 0.05) is 37.0 Å². The first kappa shape index (κ1) is 34.8. The minimum atomic E-state index is -1.21. The van der Waals surface area contributed by atoms with E-state index in [0.29, 0.717) is 19.4 Å². The number of carbonyl (C=O) groups excluding carboxylic acids is 4. The Balaban J connectivity index is 1.66. The van der Waals surface area contributed by atoms with Crippen molar-refractivity contribution in [2.45, 2.75) is 87.0 Å². The highest BCUT2D eigenvalue weighted by Crippen LogP contribution is 2.60. The molecule has 3 amide bonds. The molecular weight excluding hydrogens is 642 g/mol. The first-order chi connectivity index (χ1) is 21.6. The molecule has 2 unspecified atom stereocenters. The fourth-order valence-corrected chi connectivity index (χ4v) is 8.13. The number of hydrogen-bond acceptors (Lipinski definition) is 7. The predicted molar refractivity (Wildman–Crippen MR) is 173 cm³/mol. The summed E-state index contributed by atoms with van der Waals surface area (Å²) in [5.41, 5.74) is -0.466. The van der Waals surface area contributed by atoms with Gasteiger partial charge in [-0.3, -0.25) is 19.2 Å². The Kier molecular flexibility index (Phi) is 12.0. The number of rotatable bonds is 17. The molecule has 3 aliphatic heterocycles. The molecule has 3 saturated heterocycles. The van der Waals surface area contributed by atoms with E-state index >= 15 is 0 Å². The fraction of sp³-hybridized carbons (Fsp3) is 0.588. The number of aliphatic hydroxyl groups excluding tert-OH is 1. The van der Waals surface area contributed by atoms with Crippen LogP contribution in [0.1, 0.15) is 64.0 Å². The van der Waals surface area contributed by atoms with E-state index in [1.165, 1.54) is 4.90 Å². The van der Waals surface area contributed by atoms with Crippen molar-refractivity contribution in [2.75, 3.05) is 26.3 Å². The fourth-order valence-electron chi connectivity index (χ4n) is 7.19. The van der Waals surface area contributed by atoms with Gasteiger partial charge in [0.25, 0.3) is 0 Å². The second-order valence-electron chi connectivity index (χ2n) is 12.2. The molecule has 3 heterocycles. The lowest BCUT2D eigenvalue weighted by atomic mass is 9.70. The highest BCUT2D eigenvalue weighted by molar-refractivity contribution is 9.09. The number of fused-ring (bicyclic) bond motifs is 1. The molecule has 8 atom stereocenters. The van der Waals surface area contributed by atoms with E-state index in [1.54, 1.807) is 17.1 Å². The van der Waals surface area contributed by atoms with Gasteiger partial charge in [0.1, 0.15) is 18.2 Å². The smallest absolute Gasteiger partial charge is 0.306 e. The van der Waals surface area contributed by atoms with Crippen molar-refractivity contribution in [1.29, 1.82) is 0 Å². The van der Waals surface area contributed by atoms with Gasteiger partial charge in [-0.2, -0.15) is 0 Å². The summed E-state index contributed by atoms with van der Waals surface area (Å²) in [6.07, 6.45) is 5.68. The summed E-state index contributed by atoms with van der Waals surface area (Å²) in [7, 11) is 0. The van der Waals surface area contributed by atoms with E-state index in [-0.39, 0.29) is 55.3 Å². The molecule has 1 aromatic carbocycles. The Hall–Kier alpha value is -3.02. The van der Waals surface area contributed by atoms with Crippen LogP contribution in [0.3, 0.4) is 0 Å². The molecule has 0 aromatic heterocycles. The molecule has 4 rings (SSSR count). The van der Waals surface area contributed by atoms with Gasteiger partial charge < -0.3 is 29.7 Å². The van der Waals surface area contributed by atoms with Crippen LogP contribution in [-0.2, 0) is 28.7 Å². The van der Waals surface area contributed by atoms with Gasteiger partial charge in [0.2, 0.25) is 17.7 Å². The molecule has 3 aliphatic rings. The number of carbonyl (C=O) groups is 4. The molecule has 45 heavy (non-hydrogen) atoms. The summed E-state index contributed by atoms with van der Waals surface area (Å²) in [6, 6.07) is 7.51. The number of aliphatic hydroxyl groups is 1. The van der Waals surface area contributed by atoms with Crippen LogP contribution in [0.2, 0.25) is 0 Å². The molecule has 1 aromatic rings. The van der Waals surface area contributed by atoms with Crippen molar-refractivity contribution in [2.24, 2.45) is 11.8 Å². The van der Waals surface area contributed by atoms with E-state index in [1.807, 2.05) is 37.3 Å². The summed E-state index contributed by atoms with van der Waals surface area (Å²) >= 11 is 3.72. The molecule has 0 radical (unpaired) electrons. The Morgan fingerprint density at radius 2 is 2.00 bits per heavy atom. The number of allylic oxidation sites excluding steroid dienone is 1. The molecule has 1 spiro atoms. The third-order valence-electron chi connectivity index (χ3n) is 9.21. The number of hydrogen-bond donors (Lipinski definition) is 2.